The zero-order valence-electron chi connectivity index (χ0n) is 11.4. The first kappa shape index (κ1) is 14.1. The van der Waals surface area contributed by atoms with Crippen LogP contribution in [0.4, 0.5) is 0 Å². The van der Waals surface area contributed by atoms with Gasteiger partial charge < -0.3 is 10.4 Å². The number of nitrogens with one attached hydrogen (secondary N) is 1. The van der Waals surface area contributed by atoms with Crippen molar-refractivity contribution < 1.29 is 9.90 Å². The summed E-state index contributed by atoms with van der Waals surface area (Å²) in [6.45, 7) is 2.41. The van der Waals surface area contributed by atoms with Gasteiger partial charge in [-0.15, -0.1) is 0 Å². The molecule has 2 N–H and O–H groups in total. The topological polar surface area (TPSA) is 62.2 Å². The summed E-state index contributed by atoms with van der Waals surface area (Å²) in [4.78, 5) is 15.9. The molecular formula is C16H18N2O2. The zero-order valence-corrected chi connectivity index (χ0v) is 11.4. The lowest BCUT2D eigenvalue weighted by Crippen LogP contribution is -2.29. The second kappa shape index (κ2) is 6.70. The second-order valence-electron chi connectivity index (χ2n) is 4.84. The molecule has 1 aromatic heterocycles. The summed E-state index contributed by atoms with van der Waals surface area (Å²) in [7, 11) is 0. The number of phenols is 1. The molecule has 0 aliphatic heterocycles. The number of aromatic hydroxyl groups is 1. The molecule has 0 saturated carbocycles. The molecule has 0 spiro atoms. The van der Waals surface area contributed by atoms with Crippen LogP contribution in [0.1, 0.15) is 18.1 Å². The highest BCUT2D eigenvalue weighted by Crippen LogP contribution is 2.13. The molecule has 2 rings (SSSR count). The third kappa shape index (κ3) is 4.09. The largest absolute Gasteiger partial charge is 0.508 e. The molecule has 1 aromatic carbocycles. The summed E-state index contributed by atoms with van der Waals surface area (Å²) in [5, 5.41) is 12.1. The van der Waals surface area contributed by atoms with Crippen molar-refractivity contribution >= 4 is 5.91 Å². The van der Waals surface area contributed by atoms with Crippen LogP contribution in [-0.4, -0.2) is 16.0 Å². The van der Waals surface area contributed by atoms with Crippen LogP contribution in [0, 0.1) is 5.92 Å². The Hall–Kier alpha value is -2.36. The van der Waals surface area contributed by atoms with Gasteiger partial charge in [0.15, 0.2) is 0 Å². The lowest BCUT2D eigenvalue weighted by atomic mass is 10.0. The van der Waals surface area contributed by atoms with E-state index in [1.165, 1.54) is 0 Å². The number of phenolic OH excluding ortho intramolecular Hbond substituents is 1. The van der Waals surface area contributed by atoms with E-state index in [-0.39, 0.29) is 17.6 Å². The van der Waals surface area contributed by atoms with Crippen molar-refractivity contribution in [2.24, 2.45) is 5.92 Å². The molecule has 20 heavy (non-hydrogen) atoms. The van der Waals surface area contributed by atoms with Crippen molar-refractivity contribution in [1.82, 2.24) is 10.3 Å². The van der Waals surface area contributed by atoms with E-state index in [1.54, 1.807) is 24.5 Å². The van der Waals surface area contributed by atoms with Gasteiger partial charge in [-0.25, -0.2) is 0 Å². The van der Waals surface area contributed by atoms with Crippen LogP contribution in [0.5, 0.6) is 5.75 Å². The Morgan fingerprint density at radius 2 is 1.80 bits per heavy atom. The Kier molecular flexibility index (Phi) is 4.71. The molecule has 0 radical (unpaired) electrons. The van der Waals surface area contributed by atoms with Gasteiger partial charge in [-0.3, -0.25) is 9.78 Å². The Morgan fingerprint density at radius 3 is 2.45 bits per heavy atom. The average molecular weight is 270 g/mol. The number of pyridine rings is 1. The van der Waals surface area contributed by atoms with Crippen LogP contribution < -0.4 is 5.32 Å². The lowest BCUT2D eigenvalue weighted by Gasteiger charge is -2.12. The van der Waals surface area contributed by atoms with Crippen molar-refractivity contribution in [3.05, 3.63) is 59.9 Å². The summed E-state index contributed by atoms with van der Waals surface area (Å²) in [5.74, 6) is 0.153. The molecule has 2 aromatic rings. The van der Waals surface area contributed by atoms with Crippen molar-refractivity contribution in [2.45, 2.75) is 19.9 Å². The fraction of sp³-hybridized carbons (Fsp3) is 0.250. The highest BCUT2D eigenvalue weighted by Gasteiger charge is 2.13. The van der Waals surface area contributed by atoms with Crippen LogP contribution in [0.25, 0.3) is 0 Å². The zero-order chi connectivity index (χ0) is 14.4. The SMILES string of the molecule is C[C@@H](Cc1ccc(O)cc1)C(=O)NCc1ccncc1. The summed E-state index contributed by atoms with van der Waals surface area (Å²) in [6.07, 6.45) is 4.07. The first-order valence-corrected chi connectivity index (χ1v) is 6.59. The Labute approximate surface area is 118 Å². The van der Waals surface area contributed by atoms with E-state index in [4.69, 9.17) is 0 Å². The molecule has 0 bridgehead atoms. The fourth-order valence-corrected chi connectivity index (χ4v) is 1.94. The van der Waals surface area contributed by atoms with Gasteiger partial charge in [-0.05, 0) is 41.8 Å². The highest BCUT2D eigenvalue weighted by molar-refractivity contribution is 5.78. The Balaban J connectivity index is 1.84. The van der Waals surface area contributed by atoms with Gasteiger partial charge in [-0.1, -0.05) is 19.1 Å². The first-order chi connectivity index (χ1) is 9.65. The van der Waals surface area contributed by atoms with E-state index in [0.717, 1.165) is 11.1 Å². The maximum absolute atomic E-state index is 12.0. The molecule has 104 valence electrons. The minimum atomic E-state index is -0.110. The van der Waals surface area contributed by atoms with E-state index in [2.05, 4.69) is 10.3 Å². The molecule has 0 aliphatic carbocycles. The fourth-order valence-electron chi connectivity index (χ4n) is 1.94. The lowest BCUT2D eigenvalue weighted by molar-refractivity contribution is -0.124. The number of carbonyl (C=O) groups is 1. The van der Waals surface area contributed by atoms with Crippen LogP contribution in [0.3, 0.4) is 0 Å². The number of aromatic nitrogens is 1. The molecule has 1 atom stereocenters. The van der Waals surface area contributed by atoms with Crippen molar-refractivity contribution in [1.29, 1.82) is 0 Å². The smallest absolute Gasteiger partial charge is 0.223 e. The quantitative estimate of drug-likeness (QED) is 0.876. The van der Waals surface area contributed by atoms with Crippen LogP contribution >= 0.6 is 0 Å². The van der Waals surface area contributed by atoms with Crippen LogP contribution in [0.15, 0.2) is 48.8 Å². The number of amides is 1. The second-order valence-corrected chi connectivity index (χ2v) is 4.84. The normalized spacial score (nSPS) is 11.8. The average Bonchev–Trinajstić information content (AvgIpc) is 2.48. The molecule has 0 fully saturated rings. The van der Waals surface area contributed by atoms with Gasteiger partial charge >= 0.3 is 0 Å². The number of benzene rings is 1. The van der Waals surface area contributed by atoms with Crippen molar-refractivity contribution in [3.63, 3.8) is 0 Å². The third-order valence-corrected chi connectivity index (χ3v) is 3.14. The molecule has 0 aliphatic rings. The van der Waals surface area contributed by atoms with Gasteiger partial charge in [0, 0.05) is 24.9 Å². The number of hydrogen-bond donors (Lipinski definition) is 2. The third-order valence-electron chi connectivity index (χ3n) is 3.14. The molecule has 1 heterocycles. The van der Waals surface area contributed by atoms with Gasteiger partial charge in [0.2, 0.25) is 5.91 Å². The van der Waals surface area contributed by atoms with Gasteiger partial charge in [0.05, 0.1) is 0 Å². The maximum Gasteiger partial charge on any atom is 0.223 e. The monoisotopic (exact) mass is 270 g/mol. The summed E-state index contributed by atoms with van der Waals surface area (Å²) in [6, 6.07) is 10.7. The summed E-state index contributed by atoms with van der Waals surface area (Å²) >= 11 is 0. The minimum absolute atomic E-state index is 0.0230. The van der Waals surface area contributed by atoms with Crippen LogP contribution in [-0.2, 0) is 17.8 Å². The number of rotatable bonds is 5. The maximum atomic E-state index is 12.0. The molecule has 4 heteroatoms. The highest BCUT2D eigenvalue weighted by atomic mass is 16.3. The molecular weight excluding hydrogens is 252 g/mol. The van der Waals surface area contributed by atoms with Crippen LogP contribution in [0.2, 0.25) is 0 Å². The van der Waals surface area contributed by atoms with Gasteiger partial charge in [0.25, 0.3) is 0 Å². The number of hydrogen-bond acceptors (Lipinski definition) is 3. The van der Waals surface area contributed by atoms with E-state index in [9.17, 15) is 9.90 Å². The van der Waals surface area contributed by atoms with E-state index < -0.39 is 0 Å². The molecule has 0 unspecified atom stereocenters. The molecule has 4 nitrogen and oxygen atoms in total. The van der Waals surface area contributed by atoms with Gasteiger partial charge in [-0.2, -0.15) is 0 Å². The summed E-state index contributed by atoms with van der Waals surface area (Å²) in [5.41, 5.74) is 2.07. The molecule has 1 amide bonds. The van der Waals surface area contributed by atoms with E-state index >= 15 is 0 Å². The number of carbonyl (C=O) groups excluding carboxylic acids is 1. The Morgan fingerprint density at radius 1 is 1.15 bits per heavy atom. The standard InChI is InChI=1S/C16H18N2O2/c1-12(10-13-2-4-15(19)5-3-13)16(20)18-11-14-6-8-17-9-7-14/h2-9,12,19H,10-11H2,1H3,(H,18,20)/t12-/m0/s1. The molecule has 0 saturated heterocycles. The minimum Gasteiger partial charge on any atom is -0.508 e. The Bertz CT molecular complexity index is 552. The first-order valence-electron chi connectivity index (χ1n) is 6.59. The van der Waals surface area contributed by atoms with Gasteiger partial charge in [0.1, 0.15) is 5.75 Å². The van der Waals surface area contributed by atoms with E-state index in [0.29, 0.717) is 13.0 Å². The van der Waals surface area contributed by atoms with Crippen molar-refractivity contribution in [3.8, 4) is 5.75 Å². The predicted molar refractivity (Wildman–Crippen MR) is 77.1 cm³/mol. The number of nitrogens with zero attached hydrogens (tertiary/aromatic N) is 1. The van der Waals surface area contributed by atoms with Crippen molar-refractivity contribution in [2.75, 3.05) is 0 Å². The van der Waals surface area contributed by atoms with E-state index in [1.807, 2.05) is 31.2 Å². The summed E-state index contributed by atoms with van der Waals surface area (Å²) < 4.78 is 0. The predicted octanol–water partition coefficient (Wildman–Crippen LogP) is 2.28.